The minimum atomic E-state index is -0.432. The Morgan fingerprint density at radius 1 is 0.350 bits per heavy atom. The zero-order chi connectivity index (χ0) is 53.7. The van der Waals surface area contributed by atoms with Crippen LogP contribution in [0.5, 0.6) is 0 Å². The molecule has 0 N–H and O–H groups in total. The number of allylic oxidation sites excluding steroid dienone is 4. The third kappa shape index (κ3) is 6.89. The summed E-state index contributed by atoms with van der Waals surface area (Å²) >= 11 is 0. The van der Waals surface area contributed by atoms with E-state index in [-0.39, 0.29) is 11.3 Å². The van der Waals surface area contributed by atoms with Crippen LogP contribution in [0.15, 0.2) is 285 Å². The van der Waals surface area contributed by atoms with E-state index in [1.807, 2.05) is 0 Å². The van der Waals surface area contributed by atoms with Gasteiger partial charge in [0.1, 0.15) is 0 Å². The van der Waals surface area contributed by atoms with E-state index in [1.165, 1.54) is 128 Å². The van der Waals surface area contributed by atoms with Crippen molar-refractivity contribution < 1.29 is 0 Å². The van der Waals surface area contributed by atoms with Gasteiger partial charge in [0.25, 0.3) is 0 Å². The van der Waals surface area contributed by atoms with E-state index >= 15 is 0 Å². The summed E-state index contributed by atoms with van der Waals surface area (Å²) in [4.78, 5) is 2.58. The minimum Gasteiger partial charge on any atom is -0.314 e. The highest BCUT2D eigenvalue weighted by molar-refractivity contribution is 5.90. The average molecular weight is 1020 g/mol. The normalized spacial score (nSPS) is 16.3. The molecule has 1 atom stereocenters. The molecule has 0 radical (unpaired) electrons. The Bertz CT molecular complexity index is 4220. The van der Waals surface area contributed by atoms with Crippen LogP contribution in [-0.2, 0) is 16.2 Å². The van der Waals surface area contributed by atoms with Crippen LogP contribution in [0.2, 0.25) is 0 Å². The van der Waals surface area contributed by atoms with Gasteiger partial charge in [-0.2, -0.15) is 0 Å². The maximum absolute atomic E-state index is 2.58. The molecule has 1 unspecified atom stereocenters. The molecule has 0 spiro atoms. The Kier molecular flexibility index (Phi) is 11.0. The van der Waals surface area contributed by atoms with E-state index in [0.717, 1.165) is 12.1 Å². The second kappa shape index (κ2) is 18.4. The predicted octanol–water partition coefficient (Wildman–Crippen LogP) is 19.8. The van der Waals surface area contributed by atoms with Gasteiger partial charge in [-0.25, -0.2) is 0 Å². The number of hydrogen-bond acceptors (Lipinski definition) is 1. The SMILES string of the molecule is Cc1cc(N(C2=CC=C3c4ccccc4C(c4ccccc4)(c4ccccc4)C3C2)c2ccc3c(c2)C(C)(C)c2ccccc2-3)ccc1-c1cccc(-c2ccc(C3(c4ccccc4)c4ccccc4-c4ccccc43)cc2)c1C. The van der Waals surface area contributed by atoms with Crippen molar-refractivity contribution in [3.8, 4) is 44.5 Å². The van der Waals surface area contributed by atoms with Crippen molar-refractivity contribution in [3.05, 3.63) is 352 Å². The van der Waals surface area contributed by atoms with Gasteiger partial charge in [-0.15, -0.1) is 0 Å². The summed E-state index contributed by atoms with van der Waals surface area (Å²) in [6, 6.07) is 101. The van der Waals surface area contributed by atoms with E-state index in [4.69, 9.17) is 0 Å². The highest BCUT2D eigenvalue weighted by atomic mass is 15.2. The summed E-state index contributed by atoms with van der Waals surface area (Å²) in [7, 11) is 0. The Morgan fingerprint density at radius 2 is 0.812 bits per heavy atom. The molecule has 4 aliphatic rings. The number of benzene rings is 11. The standard InChI is InChI=1S/C79H61N/c1-52-49-59(43-46-62(52)64-34-22-33-63(53(64)2)54-39-41-58(42-40-54)78(55-23-8-5-9-24-55)72-36-19-15-30-66(72)67-31-16-20-37-73(67)78)80(60-44-47-69-65-29-14-18-35-71(65)77(3,4)75(69)50-60)61-45-48-70-68-32-17-21-38-74(68)79(76(70)51-61,56-25-10-6-11-26-56)57-27-12-7-13-28-57/h5-50,76H,51H2,1-4H3. The molecule has 0 amide bonds. The molecule has 0 saturated heterocycles. The number of aryl methyl sites for hydroxylation is 1. The van der Waals surface area contributed by atoms with E-state index in [0.29, 0.717) is 0 Å². The summed E-state index contributed by atoms with van der Waals surface area (Å²) in [5.41, 5.74) is 30.2. The zero-order valence-electron chi connectivity index (χ0n) is 45.8. The summed E-state index contributed by atoms with van der Waals surface area (Å²) < 4.78 is 0. The lowest BCUT2D eigenvalue weighted by atomic mass is 9.62. The van der Waals surface area contributed by atoms with Crippen LogP contribution < -0.4 is 4.90 Å². The molecule has 1 nitrogen and oxygen atoms in total. The van der Waals surface area contributed by atoms with Crippen molar-refractivity contribution >= 4 is 16.9 Å². The summed E-state index contributed by atoms with van der Waals surface area (Å²) in [5, 5.41) is 0. The summed E-state index contributed by atoms with van der Waals surface area (Å²) in [6.45, 7) is 9.39. The van der Waals surface area contributed by atoms with Gasteiger partial charge in [0.15, 0.2) is 0 Å². The number of fused-ring (bicyclic) bond motifs is 9. The first-order valence-corrected chi connectivity index (χ1v) is 28.5. The Labute approximate surface area is 471 Å². The lowest BCUT2D eigenvalue weighted by Gasteiger charge is -2.41. The van der Waals surface area contributed by atoms with E-state index in [1.54, 1.807) is 0 Å². The molecular weight excluding hydrogens is 963 g/mol. The summed E-state index contributed by atoms with van der Waals surface area (Å²) in [5.74, 6) is 0.149. The number of anilines is 2. The van der Waals surface area contributed by atoms with Gasteiger partial charge in [0.05, 0.1) is 10.8 Å². The van der Waals surface area contributed by atoms with Crippen LogP contribution in [0.1, 0.15) is 87.0 Å². The second-order valence-electron chi connectivity index (χ2n) is 23.1. The molecule has 4 aliphatic carbocycles. The molecule has 11 aromatic rings. The van der Waals surface area contributed by atoms with Crippen LogP contribution in [0.4, 0.5) is 11.4 Å². The number of hydrogen-bond donors (Lipinski definition) is 0. The largest absolute Gasteiger partial charge is 0.314 e. The first kappa shape index (κ1) is 47.9. The van der Waals surface area contributed by atoms with Crippen molar-refractivity contribution in [2.24, 2.45) is 5.92 Å². The third-order valence-electron chi connectivity index (χ3n) is 18.9. The molecule has 11 aromatic carbocycles. The fraction of sp³-hybridized carbons (Fsp3) is 0.114. The maximum atomic E-state index is 2.58. The topological polar surface area (TPSA) is 3.24 Å². The van der Waals surface area contributed by atoms with Gasteiger partial charge in [-0.1, -0.05) is 263 Å². The molecule has 0 aromatic heterocycles. The molecule has 0 aliphatic heterocycles. The van der Waals surface area contributed by atoms with Crippen molar-refractivity contribution in [1.29, 1.82) is 0 Å². The second-order valence-corrected chi connectivity index (χ2v) is 23.1. The van der Waals surface area contributed by atoms with Crippen molar-refractivity contribution in [2.45, 2.75) is 50.4 Å². The van der Waals surface area contributed by atoms with Gasteiger partial charge in [0.2, 0.25) is 0 Å². The first-order valence-electron chi connectivity index (χ1n) is 28.5. The van der Waals surface area contributed by atoms with E-state index in [9.17, 15) is 0 Å². The van der Waals surface area contributed by atoms with E-state index in [2.05, 4.69) is 312 Å². The molecule has 0 bridgehead atoms. The number of rotatable bonds is 9. The van der Waals surface area contributed by atoms with Crippen molar-refractivity contribution in [2.75, 3.05) is 4.90 Å². The third-order valence-corrected chi connectivity index (χ3v) is 18.9. The van der Waals surface area contributed by atoms with Crippen LogP contribution >= 0.6 is 0 Å². The quantitative estimate of drug-likeness (QED) is 0.139. The van der Waals surface area contributed by atoms with Gasteiger partial charge in [-0.05, 0) is 167 Å². The van der Waals surface area contributed by atoms with E-state index < -0.39 is 10.8 Å². The minimum absolute atomic E-state index is 0.149. The first-order chi connectivity index (χ1) is 39.3. The van der Waals surface area contributed by atoms with Crippen LogP contribution in [-0.4, -0.2) is 0 Å². The average Bonchev–Trinajstić information content (AvgIpc) is 3.49. The molecule has 0 fully saturated rings. The van der Waals surface area contributed by atoms with Gasteiger partial charge in [-0.3, -0.25) is 0 Å². The summed E-state index contributed by atoms with van der Waals surface area (Å²) in [6.07, 6.45) is 5.72. The van der Waals surface area contributed by atoms with Crippen LogP contribution in [0.3, 0.4) is 0 Å². The molecule has 15 rings (SSSR count). The fourth-order valence-electron chi connectivity index (χ4n) is 15.3. The fourth-order valence-corrected chi connectivity index (χ4v) is 15.3. The molecule has 80 heavy (non-hydrogen) atoms. The Hall–Kier alpha value is -9.30. The highest BCUT2D eigenvalue weighted by Gasteiger charge is 2.53. The monoisotopic (exact) mass is 1020 g/mol. The predicted molar refractivity (Wildman–Crippen MR) is 334 cm³/mol. The lowest BCUT2D eigenvalue weighted by Crippen LogP contribution is -2.36. The molecule has 382 valence electrons. The van der Waals surface area contributed by atoms with Gasteiger partial charge >= 0.3 is 0 Å². The van der Waals surface area contributed by atoms with Gasteiger partial charge < -0.3 is 4.90 Å². The van der Waals surface area contributed by atoms with Crippen molar-refractivity contribution in [3.63, 3.8) is 0 Å². The smallest absolute Gasteiger partial charge is 0.0713 e. The maximum Gasteiger partial charge on any atom is 0.0713 e. The van der Waals surface area contributed by atoms with Gasteiger partial charge in [0, 0.05) is 28.4 Å². The van der Waals surface area contributed by atoms with Crippen LogP contribution in [0.25, 0.3) is 50.1 Å². The zero-order valence-corrected chi connectivity index (χ0v) is 45.8. The number of nitrogens with zero attached hydrogens (tertiary/aromatic N) is 1. The molecular formula is C79H61N. The lowest BCUT2D eigenvalue weighted by molar-refractivity contribution is 0.473. The highest BCUT2D eigenvalue weighted by Crippen LogP contribution is 2.62. The molecule has 0 saturated carbocycles. The Balaban J connectivity index is 0.839. The molecule has 0 heterocycles. The van der Waals surface area contributed by atoms with Crippen molar-refractivity contribution in [1.82, 2.24) is 0 Å². The van der Waals surface area contributed by atoms with Crippen LogP contribution in [0, 0.1) is 19.8 Å². The Morgan fingerprint density at radius 3 is 1.43 bits per heavy atom. The molecule has 1 heteroatoms.